The average molecular weight is 252 g/mol. The van der Waals surface area contributed by atoms with Crippen LogP contribution in [-0.4, -0.2) is 0 Å². The second-order valence-electron chi connectivity index (χ2n) is 4.62. The van der Waals surface area contributed by atoms with Crippen LogP contribution in [0.3, 0.4) is 0 Å². The summed E-state index contributed by atoms with van der Waals surface area (Å²) in [6.45, 7) is 2.12. The SMILES string of the molecule is CCc1ccc2oc(-c3ccccc3N)c(N)c2c1. The van der Waals surface area contributed by atoms with E-state index in [0.29, 0.717) is 17.1 Å². The predicted octanol–water partition coefficient (Wildman–Crippen LogP) is 3.83. The van der Waals surface area contributed by atoms with Gasteiger partial charge in [0.1, 0.15) is 5.58 Å². The van der Waals surface area contributed by atoms with E-state index in [4.69, 9.17) is 15.9 Å². The molecule has 96 valence electrons. The molecule has 19 heavy (non-hydrogen) atoms. The lowest BCUT2D eigenvalue weighted by atomic mass is 10.1. The predicted molar refractivity (Wildman–Crippen MR) is 79.9 cm³/mol. The summed E-state index contributed by atoms with van der Waals surface area (Å²) in [6, 6.07) is 13.7. The van der Waals surface area contributed by atoms with E-state index < -0.39 is 0 Å². The van der Waals surface area contributed by atoms with E-state index in [9.17, 15) is 0 Å². The van der Waals surface area contributed by atoms with Gasteiger partial charge in [-0.15, -0.1) is 0 Å². The van der Waals surface area contributed by atoms with Gasteiger partial charge >= 0.3 is 0 Å². The van der Waals surface area contributed by atoms with Crippen molar-refractivity contribution in [2.24, 2.45) is 0 Å². The van der Waals surface area contributed by atoms with Gasteiger partial charge in [0, 0.05) is 16.6 Å². The lowest BCUT2D eigenvalue weighted by Gasteiger charge is -2.02. The Bertz CT molecular complexity index is 744. The average Bonchev–Trinajstić information content (AvgIpc) is 2.76. The number of anilines is 2. The molecule has 0 aliphatic heterocycles. The van der Waals surface area contributed by atoms with Crippen LogP contribution in [-0.2, 0) is 6.42 Å². The van der Waals surface area contributed by atoms with Gasteiger partial charge in [-0.3, -0.25) is 0 Å². The maximum atomic E-state index is 6.21. The van der Waals surface area contributed by atoms with E-state index in [-0.39, 0.29) is 0 Å². The summed E-state index contributed by atoms with van der Waals surface area (Å²) < 4.78 is 5.86. The number of fused-ring (bicyclic) bond motifs is 1. The van der Waals surface area contributed by atoms with Crippen LogP contribution in [0.1, 0.15) is 12.5 Å². The van der Waals surface area contributed by atoms with E-state index in [1.165, 1.54) is 5.56 Å². The molecule has 0 amide bonds. The molecule has 0 fully saturated rings. The van der Waals surface area contributed by atoms with E-state index in [2.05, 4.69) is 19.1 Å². The van der Waals surface area contributed by atoms with Crippen molar-refractivity contribution in [2.45, 2.75) is 13.3 Å². The molecule has 0 saturated carbocycles. The zero-order chi connectivity index (χ0) is 13.4. The Morgan fingerprint density at radius 3 is 2.58 bits per heavy atom. The first kappa shape index (κ1) is 11.7. The van der Waals surface area contributed by atoms with Crippen LogP contribution in [0.2, 0.25) is 0 Å². The van der Waals surface area contributed by atoms with Gasteiger partial charge in [0.15, 0.2) is 5.76 Å². The third-order valence-electron chi connectivity index (χ3n) is 3.40. The van der Waals surface area contributed by atoms with Gasteiger partial charge in [-0.2, -0.15) is 0 Å². The molecule has 0 spiro atoms. The number of rotatable bonds is 2. The molecule has 1 aromatic heterocycles. The van der Waals surface area contributed by atoms with Gasteiger partial charge in [-0.05, 0) is 36.2 Å². The Hall–Kier alpha value is -2.42. The highest BCUT2D eigenvalue weighted by atomic mass is 16.3. The molecule has 0 bridgehead atoms. The number of para-hydroxylation sites is 1. The van der Waals surface area contributed by atoms with Crippen molar-refractivity contribution in [1.82, 2.24) is 0 Å². The topological polar surface area (TPSA) is 65.2 Å². The molecular formula is C16H16N2O. The number of nitrogens with two attached hydrogens (primary N) is 2. The largest absolute Gasteiger partial charge is 0.454 e. The van der Waals surface area contributed by atoms with Crippen molar-refractivity contribution in [2.75, 3.05) is 11.5 Å². The molecular weight excluding hydrogens is 236 g/mol. The van der Waals surface area contributed by atoms with Gasteiger partial charge in [-0.1, -0.05) is 25.1 Å². The molecule has 0 unspecified atom stereocenters. The Balaban J connectivity index is 2.26. The Kier molecular flexibility index (Phi) is 2.67. The minimum absolute atomic E-state index is 0.654. The smallest absolute Gasteiger partial charge is 0.160 e. The fourth-order valence-corrected chi connectivity index (χ4v) is 2.29. The highest BCUT2D eigenvalue weighted by Gasteiger charge is 2.15. The van der Waals surface area contributed by atoms with Gasteiger partial charge in [-0.25, -0.2) is 0 Å². The second-order valence-corrected chi connectivity index (χ2v) is 4.62. The van der Waals surface area contributed by atoms with Crippen molar-refractivity contribution in [3.05, 3.63) is 48.0 Å². The van der Waals surface area contributed by atoms with Gasteiger partial charge < -0.3 is 15.9 Å². The minimum atomic E-state index is 0.654. The number of benzene rings is 2. The fraction of sp³-hybridized carbons (Fsp3) is 0.125. The quantitative estimate of drug-likeness (QED) is 0.681. The van der Waals surface area contributed by atoms with Gasteiger partial charge in [0.05, 0.1) is 5.69 Å². The van der Waals surface area contributed by atoms with Gasteiger partial charge in [0.2, 0.25) is 0 Å². The maximum absolute atomic E-state index is 6.21. The molecule has 0 aliphatic rings. The highest BCUT2D eigenvalue weighted by molar-refractivity contribution is 5.99. The molecule has 1 heterocycles. The van der Waals surface area contributed by atoms with E-state index >= 15 is 0 Å². The molecule has 0 aliphatic carbocycles. The second kappa shape index (κ2) is 4.35. The zero-order valence-corrected chi connectivity index (χ0v) is 10.8. The van der Waals surface area contributed by atoms with Crippen molar-refractivity contribution in [3.63, 3.8) is 0 Å². The number of nitrogen functional groups attached to an aromatic ring is 2. The van der Waals surface area contributed by atoms with Crippen molar-refractivity contribution in [1.29, 1.82) is 0 Å². The maximum Gasteiger partial charge on any atom is 0.160 e. The summed E-state index contributed by atoms with van der Waals surface area (Å²) >= 11 is 0. The monoisotopic (exact) mass is 252 g/mol. The fourth-order valence-electron chi connectivity index (χ4n) is 2.29. The van der Waals surface area contributed by atoms with E-state index in [1.54, 1.807) is 0 Å². The van der Waals surface area contributed by atoms with E-state index in [1.807, 2.05) is 30.3 Å². The Morgan fingerprint density at radius 1 is 1.05 bits per heavy atom. The normalized spacial score (nSPS) is 11.0. The first-order chi connectivity index (χ1) is 9.20. The number of furan rings is 1. The third-order valence-corrected chi connectivity index (χ3v) is 3.40. The molecule has 2 aromatic carbocycles. The standard InChI is InChI=1S/C16H16N2O/c1-2-10-7-8-14-12(9-10)15(18)16(19-14)11-5-3-4-6-13(11)17/h3-9H,2,17-18H2,1H3. The molecule has 3 nitrogen and oxygen atoms in total. The molecule has 3 aromatic rings. The van der Waals surface area contributed by atoms with Crippen LogP contribution in [0, 0.1) is 0 Å². The molecule has 4 N–H and O–H groups in total. The Labute approximate surface area is 111 Å². The zero-order valence-electron chi connectivity index (χ0n) is 10.8. The molecule has 3 rings (SSSR count). The molecule has 3 heteroatoms. The summed E-state index contributed by atoms with van der Waals surface area (Å²) in [5.41, 5.74) is 16.4. The van der Waals surface area contributed by atoms with Crippen molar-refractivity contribution < 1.29 is 4.42 Å². The van der Waals surface area contributed by atoms with Crippen molar-refractivity contribution >= 4 is 22.3 Å². The number of hydrogen-bond acceptors (Lipinski definition) is 3. The summed E-state index contributed by atoms with van der Waals surface area (Å²) in [5, 5.41) is 0.956. The minimum Gasteiger partial charge on any atom is -0.454 e. The van der Waals surface area contributed by atoms with Crippen LogP contribution in [0.15, 0.2) is 46.9 Å². The van der Waals surface area contributed by atoms with Gasteiger partial charge in [0.25, 0.3) is 0 Å². The summed E-state index contributed by atoms with van der Waals surface area (Å²) in [6.07, 6.45) is 0.976. The molecule has 0 saturated heterocycles. The van der Waals surface area contributed by atoms with Crippen LogP contribution >= 0.6 is 0 Å². The summed E-state index contributed by atoms with van der Waals surface area (Å²) in [4.78, 5) is 0. The lowest BCUT2D eigenvalue weighted by molar-refractivity contribution is 0.633. The Morgan fingerprint density at radius 2 is 1.84 bits per heavy atom. The highest BCUT2D eigenvalue weighted by Crippen LogP contribution is 2.38. The summed E-state index contributed by atoms with van der Waals surface area (Å²) in [7, 11) is 0. The van der Waals surface area contributed by atoms with E-state index in [0.717, 1.165) is 23.0 Å². The first-order valence-electron chi connectivity index (χ1n) is 6.36. The summed E-state index contributed by atoms with van der Waals surface area (Å²) in [5.74, 6) is 0.654. The van der Waals surface area contributed by atoms with Crippen LogP contribution in [0.5, 0.6) is 0 Å². The van der Waals surface area contributed by atoms with Crippen LogP contribution < -0.4 is 11.5 Å². The number of aryl methyl sites for hydroxylation is 1. The lowest BCUT2D eigenvalue weighted by Crippen LogP contribution is -1.91. The van der Waals surface area contributed by atoms with Crippen molar-refractivity contribution in [3.8, 4) is 11.3 Å². The third kappa shape index (κ3) is 1.83. The molecule has 0 atom stereocenters. The van der Waals surface area contributed by atoms with Crippen LogP contribution in [0.25, 0.3) is 22.3 Å². The van der Waals surface area contributed by atoms with Crippen LogP contribution in [0.4, 0.5) is 11.4 Å². The molecule has 0 radical (unpaired) electrons. The first-order valence-corrected chi connectivity index (χ1v) is 6.36. The number of hydrogen-bond donors (Lipinski definition) is 2.